The number of rotatable bonds is 7. The van der Waals surface area contributed by atoms with Gasteiger partial charge in [-0.25, -0.2) is 4.39 Å². The van der Waals surface area contributed by atoms with E-state index in [1.54, 1.807) is 32.4 Å². The van der Waals surface area contributed by atoms with E-state index in [2.05, 4.69) is 10.9 Å². The number of hydrazine groups is 1. The number of halogens is 1. The van der Waals surface area contributed by atoms with E-state index in [-0.39, 0.29) is 30.5 Å². The molecule has 0 saturated heterocycles. The largest absolute Gasteiger partial charge is 0.497 e. The molecule has 0 radical (unpaired) electrons. The Hall–Kier alpha value is -3.09. The zero-order chi connectivity index (χ0) is 18.9. The molecule has 0 fully saturated rings. The second kappa shape index (κ2) is 9.41. The fraction of sp³-hybridized carbons (Fsp3) is 0.263. The highest BCUT2D eigenvalue weighted by molar-refractivity contribution is 5.83. The lowest BCUT2D eigenvalue weighted by atomic mass is 10.1. The Bertz CT molecular complexity index is 763. The minimum absolute atomic E-state index is 0.0459. The SMILES string of the molecule is COc1ccc(OC)c(CCC(=O)NNC(=O)Cc2ccc(F)cc2)c1. The monoisotopic (exact) mass is 360 g/mol. The summed E-state index contributed by atoms with van der Waals surface area (Å²) in [7, 11) is 3.12. The quantitative estimate of drug-likeness (QED) is 0.742. The number of hydrogen-bond acceptors (Lipinski definition) is 4. The number of hydrogen-bond donors (Lipinski definition) is 2. The van der Waals surface area contributed by atoms with Crippen LogP contribution in [-0.2, 0) is 22.4 Å². The first-order valence-corrected chi connectivity index (χ1v) is 8.05. The smallest absolute Gasteiger partial charge is 0.242 e. The molecule has 6 nitrogen and oxygen atoms in total. The van der Waals surface area contributed by atoms with Crippen LogP contribution in [0.1, 0.15) is 17.5 Å². The van der Waals surface area contributed by atoms with Crippen LogP contribution in [0.5, 0.6) is 11.5 Å². The molecule has 0 unspecified atom stereocenters. The maximum atomic E-state index is 12.8. The highest BCUT2D eigenvalue weighted by Gasteiger charge is 2.10. The van der Waals surface area contributed by atoms with Crippen molar-refractivity contribution in [3.63, 3.8) is 0 Å². The van der Waals surface area contributed by atoms with Crippen molar-refractivity contribution in [1.29, 1.82) is 0 Å². The van der Waals surface area contributed by atoms with Crippen LogP contribution in [0.4, 0.5) is 4.39 Å². The van der Waals surface area contributed by atoms with Crippen LogP contribution in [0.25, 0.3) is 0 Å². The lowest BCUT2D eigenvalue weighted by Gasteiger charge is -2.11. The van der Waals surface area contributed by atoms with Gasteiger partial charge >= 0.3 is 0 Å². The second-order valence-electron chi connectivity index (χ2n) is 5.58. The van der Waals surface area contributed by atoms with E-state index in [1.165, 1.54) is 24.3 Å². The molecular weight excluding hydrogens is 339 g/mol. The number of amides is 2. The number of carbonyl (C=O) groups is 2. The van der Waals surface area contributed by atoms with E-state index in [4.69, 9.17) is 9.47 Å². The van der Waals surface area contributed by atoms with Gasteiger partial charge < -0.3 is 9.47 Å². The fourth-order valence-corrected chi connectivity index (χ4v) is 2.36. The third-order valence-corrected chi connectivity index (χ3v) is 3.73. The van der Waals surface area contributed by atoms with Crippen LogP contribution in [0.3, 0.4) is 0 Å². The number of benzene rings is 2. The van der Waals surface area contributed by atoms with Crippen LogP contribution in [-0.4, -0.2) is 26.0 Å². The summed E-state index contributed by atoms with van der Waals surface area (Å²) in [6.45, 7) is 0. The number of aryl methyl sites for hydroxylation is 1. The Balaban J connectivity index is 1.80. The number of methoxy groups -OCH3 is 2. The van der Waals surface area contributed by atoms with E-state index >= 15 is 0 Å². The summed E-state index contributed by atoms with van der Waals surface area (Å²) in [5, 5.41) is 0. The molecule has 0 bridgehead atoms. The lowest BCUT2D eigenvalue weighted by molar-refractivity contribution is -0.128. The molecule has 2 aromatic rings. The number of nitrogens with one attached hydrogen (secondary N) is 2. The van der Waals surface area contributed by atoms with Gasteiger partial charge in [-0.05, 0) is 47.9 Å². The molecule has 0 aliphatic heterocycles. The third-order valence-electron chi connectivity index (χ3n) is 3.73. The van der Waals surface area contributed by atoms with Crippen molar-refractivity contribution in [3.8, 4) is 11.5 Å². The summed E-state index contributed by atoms with van der Waals surface area (Å²) in [5.74, 6) is 0.259. The normalized spacial score (nSPS) is 10.1. The molecule has 138 valence electrons. The molecule has 2 rings (SSSR count). The van der Waals surface area contributed by atoms with E-state index in [9.17, 15) is 14.0 Å². The first kappa shape index (κ1) is 19.2. The molecule has 0 aliphatic carbocycles. The molecule has 7 heteroatoms. The average Bonchev–Trinajstić information content (AvgIpc) is 2.66. The van der Waals surface area contributed by atoms with Crippen molar-refractivity contribution in [3.05, 3.63) is 59.4 Å². The summed E-state index contributed by atoms with van der Waals surface area (Å²) in [4.78, 5) is 23.7. The second-order valence-corrected chi connectivity index (χ2v) is 5.58. The third kappa shape index (κ3) is 5.77. The molecule has 2 amide bonds. The zero-order valence-corrected chi connectivity index (χ0v) is 14.7. The molecule has 26 heavy (non-hydrogen) atoms. The van der Waals surface area contributed by atoms with E-state index in [0.29, 0.717) is 23.5 Å². The fourth-order valence-electron chi connectivity index (χ4n) is 2.36. The molecule has 2 aromatic carbocycles. The minimum Gasteiger partial charge on any atom is -0.497 e. The van der Waals surface area contributed by atoms with Crippen LogP contribution in [0, 0.1) is 5.82 Å². The van der Waals surface area contributed by atoms with Gasteiger partial charge in [-0.15, -0.1) is 0 Å². The van der Waals surface area contributed by atoms with Crippen molar-refractivity contribution in [2.75, 3.05) is 14.2 Å². The van der Waals surface area contributed by atoms with Gasteiger partial charge in [0.15, 0.2) is 0 Å². The zero-order valence-electron chi connectivity index (χ0n) is 14.7. The summed E-state index contributed by atoms with van der Waals surface area (Å²) < 4.78 is 23.3. The van der Waals surface area contributed by atoms with Gasteiger partial charge in [-0.3, -0.25) is 20.4 Å². The topological polar surface area (TPSA) is 76.7 Å². The Kier molecular flexibility index (Phi) is 6.96. The van der Waals surface area contributed by atoms with E-state index in [0.717, 1.165) is 5.56 Å². The van der Waals surface area contributed by atoms with Gasteiger partial charge in [0.05, 0.1) is 20.6 Å². The Morgan fingerprint density at radius 3 is 2.31 bits per heavy atom. The molecule has 0 aromatic heterocycles. The Morgan fingerprint density at radius 1 is 0.962 bits per heavy atom. The van der Waals surface area contributed by atoms with Gasteiger partial charge in [0.2, 0.25) is 11.8 Å². The first-order chi connectivity index (χ1) is 12.5. The molecule has 0 atom stereocenters. The van der Waals surface area contributed by atoms with Crippen LogP contribution >= 0.6 is 0 Å². The molecule has 0 aliphatic rings. The Labute approximate surface area is 151 Å². The van der Waals surface area contributed by atoms with E-state index < -0.39 is 0 Å². The lowest BCUT2D eigenvalue weighted by Crippen LogP contribution is -2.42. The van der Waals surface area contributed by atoms with Crippen LogP contribution < -0.4 is 20.3 Å². The average molecular weight is 360 g/mol. The molecule has 0 saturated carbocycles. The van der Waals surface area contributed by atoms with E-state index in [1.807, 2.05) is 0 Å². The molecule has 0 heterocycles. The van der Waals surface area contributed by atoms with Crippen molar-refractivity contribution in [2.24, 2.45) is 0 Å². The van der Waals surface area contributed by atoms with Crippen LogP contribution in [0.2, 0.25) is 0 Å². The van der Waals surface area contributed by atoms with Crippen LogP contribution in [0.15, 0.2) is 42.5 Å². The Morgan fingerprint density at radius 2 is 1.65 bits per heavy atom. The van der Waals surface area contributed by atoms with Crippen molar-refractivity contribution < 1.29 is 23.5 Å². The van der Waals surface area contributed by atoms with Gasteiger partial charge in [-0.2, -0.15) is 0 Å². The van der Waals surface area contributed by atoms with Crippen molar-refractivity contribution in [1.82, 2.24) is 10.9 Å². The van der Waals surface area contributed by atoms with Crippen molar-refractivity contribution >= 4 is 11.8 Å². The highest BCUT2D eigenvalue weighted by atomic mass is 19.1. The summed E-state index contributed by atoms with van der Waals surface area (Å²) >= 11 is 0. The van der Waals surface area contributed by atoms with Crippen molar-refractivity contribution in [2.45, 2.75) is 19.3 Å². The number of carbonyl (C=O) groups excluding carboxylic acids is 2. The maximum absolute atomic E-state index is 12.8. The summed E-state index contributed by atoms with van der Waals surface area (Å²) in [6, 6.07) is 11.0. The predicted molar refractivity (Wildman–Crippen MR) is 94.3 cm³/mol. The van der Waals surface area contributed by atoms with Gasteiger partial charge in [0.1, 0.15) is 17.3 Å². The molecule has 0 spiro atoms. The summed E-state index contributed by atoms with van der Waals surface area (Å²) in [5.41, 5.74) is 6.20. The maximum Gasteiger partial charge on any atom is 0.242 e. The first-order valence-electron chi connectivity index (χ1n) is 8.05. The standard InChI is InChI=1S/C19H21FN2O4/c1-25-16-8-9-17(26-2)14(12-16)5-10-18(23)21-22-19(24)11-13-3-6-15(20)7-4-13/h3-4,6-9,12H,5,10-11H2,1-2H3,(H,21,23)(H,22,24). The van der Waals surface area contributed by atoms with Gasteiger partial charge in [0.25, 0.3) is 0 Å². The number of ether oxygens (including phenoxy) is 2. The highest BCUT2D eigenvalue weighted by Crippen LogP contribution is 2.24. The summed E-state index contributed by atoms with van der Waals surface area (Å²) in [6.07, 6.45) is 0.644. The molecule has 2 N–H and O–H groups in total. The van der Waals surface area contributed by atoms with Gasteiger partial charge in [-0.1, -0.05) is 12.1 Å². The van der Waals surface area contributed by atoms with Gasteiger partial charge in [0, 0.05) is 6.42 Å². The minimum atomic E-state index is -0.385. The molecular formula is C19H21FN2O4. The predicted octanol–water partition coefficient (Wildman–Crippen LogP) is 2.17.